The standard InChI is InChI=1S/C74H81F2N13O7/c1-5-68(53(3)92-44-55-13-9-7-10-14-55)88-72(90)86(51-79-88)62-22-18-59(19-23-62)81-33-35-82(36-34-81)61-26-28-64(29-27-61)96-71-42-65(94-46-57-43-74(95-47-57,48-85-50-77-49-78-85)66-31-17-58(75)41-67(66)76)30-32-70(71)84-39-37-83(38-40-84)60-20-24-63(25-21-60)87-52-80-89(73(87)91)69(6-2)54(4)93-45-56-15-11-8-12-16-56/h7-32,41-42,49-54,57,68-69H,5-6,33-40,43-48H2,1-4H3/t53-,54-,57+,68+,69+,74-/m0/s1. The summed E-state index contributed by atoms with van der Waals surface area (Å²) in [7, 11) is 0. The van der Waals surface area contributed by atoms with Gasteiger partial charge in [-0.3, -0.25) is 0 Å². The molecule has 6 heterocycles. The Morgan fingerprint density at radius 1 is 0.552 bits per heavy atom. The third kappa shape index (κ3) is 14.5. The number of piperazine rings is 2. The molecule has 0 spiro atoms. The van der Waals surface area contributed by atoms with E-state index in [4.69, 9.17) is 23.7 Å². The van der Waals surface area contributed by atoms with Crippen molar-refractivity contribution in [2.75, 3.05) is 85.2 Å². The van der Waals surface area contributed by atoms with Gasteiger partial charge in [-0.05, 0) is 135 Å². The van der Waals surface area contributed by atoms with Crippen LogP contribution in [0.2, 0.25) is 0 Å². The van der Waals surface area contributed by atoms with Crippen molar-refractivity contribution < 1.29 is 32.5 Å². The number of nitrogens with zero attached hydrogens (tertiary/aromatic N) is 13. The van der Waals surface area contributed by atoms with Gasteiger partial charge in [-0.15, -0.1) is 0 Å². The minimum atomic E-state index is -1.12. The molecule has 0 unspecified atom stereocenters. The van der Waals surface area contributed by atoms with E-state index < -0.39 is 17.2 Å². The number of halogens is 2. The molecule has 7 aromatic carbocycles. The molecule has 20 nitrogen and oxygen atoms in total. The number of benzene rings is 7. The van der Waals surface area contributed by atoms with E-state index in [1.807, 2.05) is 143 Å². The van der Waals surface area contributed by atoms with E-state index in [0.29, 0.717) is 62.8 Å². The van der Waals surface area contributed by atoms with Gasteiger partial charge in [0.25, 0.3) is 0 Å². The largest absolute Gasteiger partial charge is 0.493 e. The molecule has 6 atom stereocenters. The van der Waals surface area contributed by atoms with Crippen molar-refractivity contribution in [2.24, 2.45) is 5.92 Å². The van der Waals surface area contributed by atoms with Crippen LogP contribution in [0.1, 0.15) is 75.7 Å². The van der Waals surface area contributed by atoms with Crippen LogP contribution in [-0.2, 0) is 39.6 Å². The van der Waals surface area contributed by atoms with Crippen LogP contribution in [0.15, 0.2) is 205 Å². The van der Waals surface area contributed by atoms with Crippen LogP contribution in [0.3, 0.4) is 0 Å². The van der Waals surface area contributed by atoms with Crippen molar-refractivity contribution in [3.63, 3.8) is 0 Å². The fraction of sp³-hybridized carbons (Fsp3) is 0.351. The van der Waals surface area contributed by atoms with Gasteiger partial charge in [0.2, 0.25) is 0 Å². The van der Waals surface area contributed by atoms with Gasteiger partial charge in [-0.2, -0.15) is 15.3 Å². The highest BCUT2D eigenvalue weighted by Crippen LogP contribution is 2.43. The normalized spacial score (nSPS) is 18.0. The van der Waals surface area contributed by atoms with Crippen LogP contribution < -0.4 is 40.5 Å². The molecule has 22 heteroatoms. The summed E-state index contributed by atoms with van der Waals surface area (Å²) in [5, 5.41) is 13.4. The van der Waals surface area contributed by atoms with Gasteiger partial charge in [-0.1, -0.05) is 80.6 Å². The quantitative estimate of drug-likeness (QED) is 0.0501. The Morgan fingerprint density at radius 2 is 1.04 bits per heavy atom. The summed E-state index contributed by atoms with van der Waals surface area (Å²) < 4.78 is 69.9. The Hall–Kier alpha value is -9.90. The van der Waals surface area contributed by atoms with Crippen molar-refractivity contribution in [3.8, 4) is 28.6 Å². The fourth-order valence-corrected chi connectivity index (χ4v) is 13.5. The average Bonchev–Trinajstić information content (AvgIpc) is 1.63. The predicted octanol–water partition coefficient (Wildman–Crippen LogP) is 11.8. The molecule has 13 rings (SSSR count). The van der Waals surface area contributed by atoms with E-state index in [9.17, 15) is 14.0 Å². The third-order valence-electron chi connectivity index (χ3n) is 18.9. The first-order chi connectivity index (χ1) is 46.9. The first-order valence-electron chi connectivity index (χ1n) is 33.2. The second kappa shape index (κ2) is 29.4. The van der Waals surface area contributed by atoms with E-state index >= 15 is 4.39 Å². The summed E-state index contributed by atoms with van der Waals surface area (Å²) in [6.45, 7) is 15.8. The van der Waals surface area contributed by atoms with Gasteiger partial charge < -0.3 is 43.3 Å². The van der Waals surface area contributed by atoms with Gasteiger partial charge >= 0.3 is 11.4 Å². The first kappa shape index (κ1) is 64.8. The second-order valence-corrected chi connectivity index (χ2v) is 25.0. The number of hydrogen-bond donors (Lipinski definition) is 0. The van der Waals surface area contributed by atoms with Crippen LogP contribution in [0.4, 0.5) is 31.5 Å². The monoisotopic (exact) mass is 1300 g/mol. The summed E-state index contributed by atoms with van der Waals surface area (Å²) in [6.07, 6.45) is 7.47. The minimum Gasteiger partial charge on any atom is -0.493 e. The lowest BCUT2D eigenvalue weighted by atomic mass is 9.87. The highest BCUT2D eigenvalue weighted by molar-refractivity contribution is 5.64. The van der Waals surface area contributed by atoms with Crippen molar-refractivity contribution in [1.82, 2.24) is 43.5 Å². The molecule has 3 aliphatic heterocycles. The molecule has 3 saturated heterocycles. The zero-order valence-electron chi connectivity index (χ0n) is 54.6. The highest BCUT2D eigenvalue weighted by atomic mass is 19.1. The maximum Gasteiger partial charge on any atom is 0.350 e. The van der Waals surface area contributed by atoms with E-state index in [1.54, 1.807) is 37.5 Å². The van der Waals surface area contributed by atoms with Gasteiger partial charge in [0.15, 0.2) is 5.75 Å². The molecule has 0 aliphatic carbocycles. The summed E-state index contributed by atoms with van der Waals surface area (Å²) in [6, 6.07) is 53.5. The molecule has 0 saturated carbocycles. The number of hydrogen-bond acceptors (Lipinski definition) is 15. The lowest BCUT2D eigenvalue weighted by Gasteiger charge is -2.38. The molecule has 0 bridgehead atoms. The molecular formula is C74H81F2N13O7. The van der Waals surface area contributed by atoms with E-state index in [1.165, 1.54) is 23.1 Å². The molecule has 3 fully saturated rings. The zero-order valence-corrected chi connectivity index (χ0v) is 54.6. The fourth-order valence-electron chi connectivity index (χ4n) is 13.5. The lowest BCUT2D eigenvalue weighted by Crippen LogP contribution is -2.46. The van der Waals surface area contributed by atoms with Crippen molar-refractivity contribution in [3.05, 3.63) is 244 Å². The summed E-state index contributed by atoms with van der Waals surface area (Å²) in [4.78, 5) is 41.1. The number of aromatic nitrogens is 9. The molecule has 10 aromatic rings. The summed E-state index contributed by atoms with van der Waals surface area (Å²) in [5.41, 5.74) is 6.47. The van der Waals surface area contributed by atoms with Crippen molar-refractivity contribution in [1.29, 1.82) is 0 Å². The smallest absolute Gasteiger partial charge is 0.350 e. The molecule has 498 valence electrons. The first-order valence-corrected chi connectivity index (χ1v) is 33.2. The van der Waals surface area contributed by atoms with Gasteiger partial charge in [0.1, 0.15) is 54.0 Å². The Morgan fingerprint density at radius 3 is 1.53 bits per heavy atom. The highest BCUT2D eigenvalue weighted by Gasteiger charge is 2.45. The topological polar surface area (TPSA) is 169 Å². The van der Waals surface area contributed by atoms with Crippen LogP contribution in [0, 0.1) is 17.6 Å². The molecule has 0 N–H and O–H groups in total. The van der Waals surface area contributed by atoms with Crippen molar-refractivity contribution in [2.45, 2.75) is 96.6 Å². The van der Waals surface area contributed by atoms with Crippen LogP contribution in [-0.4, -0.2) is 121 Å². The lowest BCUT2D eigenvalue weighted by molar-refractivity contribution is -0.0206. The summed E-state index contributed by atoms with van der Waals surface area (Å²) >= 11 is 0. The molecular weight excluding hydrogens is 1220 g/mol. The van der Waals surface area contributed by atoms with E-state index in [2.05, 4.69) is 76.3 Å². The maximum absolute atomic E-state index is 15.5. The Bertz CT molecular complexity index is 4270. The Labute approximate surface area is 557 Å². The molecule has 3 aromatic heterocycles. The molecule has 96 heavy (non-hydrogen) atoms. The third-order valence-corrected chi connectivity index (χ3v) is 18.9. The minimum absolute atomic E-state index is 0.139. The number of anilines is 4. The number of rotatable bonds is 26. The van der Waals surface area contributed by atoms with Gasteiger partial charge in [0, 0.05) is 93.0 Å². The average molecular weight is 1300 g/mol. The molecule has 0 radical (unpaired) electrons. The Kier molecular flexibility index (Phi) is 19.8. The molecule has 0 amide bonds. The second-order valence-electron chi connectivity index (χ2n) is 25.0. The van der Waals surface area contributed by atoms with Crippen LogP contribution in [0.5, 0.6) is 17.2 Å². The van der Waals surface area contributed by atoms with Gasteiger partial charge in [0.05, 0.1) is 74.3 Å². The Balaban J connectivity index is 0.663. The van der Waals surface area contributed by atoms with Gasteiger partial charge in [-0.25, -0.2) is 46.5 Å². The maximum atomic E-state index is 15.5. The zero-order chi connectivity index (χ0) is 66.1. The summed E-state index contributed by atoms with van der Waals surface area (Å²) in [5.74, 6) is 0.406. The molecule has 3 aliphatic rings. The van der Waals surface area contributed by atoms with Crippen LogP contribution >= 0.6 is 0 Å². The van der Waals surface area contributed by atoms with Crippen molar-refractivity contribution >= 4 is 22.7 Å². The predicted molar refractivity (Wildman–Crippen MR) is 365 cm³/mol. The van der Waals surface area contributed by atoms with Crippen LogP contribution in [0.25, 0.3) is 11.4 Å². The van der Waals surface area contributed by atoms with E-state index in [0.717, 1.165) is 90.6 Å². The number of ether oxygens (including phenoxy) is 5. The van der Waals surface area contributed by atoms with E-state index in [-0.39, 0.29) is 66.9 Å². The SMILES string of the molecule is CC[C@H]([C@H](C)OCc1ccccc1)n1ncn(-c2ccc(N3CCN(c4ccc(Oc5cc(OC[C@@H]6CO[C@@](Cn7cncn7)(c7ccc(F)cc7F)C6)ccc5N5CCN(c6ccc(-n7cnn([C@H](CC)[C@H](C)OCc8ccccc8)c7=O)cc6)CC5)cc4)CC3)cc2)c1=O.